The van der Waals surface area contributed by atoms with Crippen molar-refractivity contribution < 1.29 is 14.3 Å². The molecule has 1 aromatic heterocycles. The first-order valence-electron chi connectivity index (χ1n) is 9.07. The van der Waals surface area contributed by atoms with E-state index in [9.17, 15) is 9.59 Å². The van der Waals surface area contributed by atoms with Gasteiger partial charge in [0.1, 0.15) is 11.5 Å². The van der Waals surface area contributed by atoms with Gasteiger partial charge in [-0.1, -0.05) is 6.42 Å². The van der Waals surface area contributed by atoms with Gasteiger partial charge in [0, 0.05) is 35.8 Å². The zero-order valence-electron chi connectivity index (χ0n) is 14.4. The Bertz CT molecular complexity index is 776. The monoisotopic (exact) mass is 351 g/mol. The summed E-state index contributed by atoms with van der Waals surface area (Å²) in [6.45, 7) is 0. The molecular weight excluding hydrogens is 330 g/mol. The molecule has 2 atom stereocenters. The Morgan fingerprint density at radius 2 is 1.81 bits per heavy atom. The number of nitrogens with one attached hydrogen (secondary N) is 1. The highest BCUT2D eigenvalue weighted by Gasteiger charge is 2.41. The van der Waals surface area contributed by atoms with Crippen molar-refractivity contribution >= 4 is 17.4 Å². The SMILES string of the molecule is O=C(Nc1ccc(Oc2cnccn2)cc1)C1CC2CCCC(C1)C2=O. The van der Waals surface area contributed by atoms with Gasteiger partial charge in [0.2, 0.25) is 11.8 Å². The van der Waals surface area contributed by atoms with E-state index in [2.05, 4.69) is 15.3 Å². The number of hydrogen-bond donors (Lipinski definition) is 1. The number of ether oxygens (including phenoxy) is 1. The molecule has 0 radical (unpaired) electrons. The minimum atomic E-state index is -0.0708. The van der Waals surface area contributed by atoms with Gasteiger partial charge in [0.25, 0.3) is 0 Å². The molecule has 0 spiro atoms. The van der Waals surface area contributed by atoms with Gasteiger partial charge in [-0.2, -0.15) is 0 Å². The summed E-state index contributed by atoms with van der Waals surface area (Å²) >= 11 is 0. The number of ketones is 1. The van der Waals surface area contributed by atoms with Crippen molar-refractivity contribution in [3.05, 3.63) is 42.9 Å². The minimum Gasteiger partial charge on any atom is -0.438 e. The fourth-order valence-electron chi connectivity index (χ4n) is 4.00. The maximum absolute atomic E-state index is 12.6. The fourth-order valence-corrected chi connectivity index (χ4v) is 4.00. The lowest BCUT2D eigenvalue weighted by Gasteiger charge is -2.36. The van der Waals surface area contributed by atoms with E-state index in [1.807, 2.05) is 0 Å². The number of anilines is 1. The van der Waals surface area contributed by atoms with E-state index in [4.69, 9.17) is 4.74 Å². The number of Topliss-reactive ketones (excluding diaryl/α,β-unsaturated/α-hetero) is 1. The number of amides is 1. The number of aromatic nitrogens is 2. The maximum atomic E-state index is 12.6. The van der Waals surface area contributed by atoms with Crippen molar-refractivity contribution in [1.29, 1.82) is 0 Å². The lowest BCUT2D eigenvalue weighted by atomic mass is 9.67. The van der Waals surface area contributed by atoms with Crippen LogP contribution in [0.5, 0.6) is 11.6 Å². The third-order valence-electron chi connectivity index (χ3n) is 5.30. The largest absolute Gasteiger partial charge is 0.438 e. The molecule has 4 rings (SSSR count). The fraction of sp³-hybridized carbons (Fsp3) is 0.400. The predicted molar refractivity (Wildman–Crippen MR) is 95.7 cm³/mol. The Kier molecular flexibility index (Phi) is 4.65. The first kappa shape index (κ1) is 16.7. The molecule has 2 aliphatic carbocycles. The van der Waals surface area contributed by atoms with Crippen LogP contribution in [-0.2, 0) is 9.59 Å². The van der Waals surface area contributed by atoms with Crippen LogP contribution in [0, 0.1) is 17.8 Å². The Hall–Kier alpha value is -2.76. The van der Waals surface area contributed by atoms with Gasteiger partial charge in [-0.05, 0) is 49.9 Å². The van der Waals surface area contributed by atoms with Crippen molar-refractivity contribution in [2.24, 2.45) is 17.8 Å². The Balaban J connectivity index is 1.36. The first-order chi connectivity index (χ1) is 12.7. The molecule has 1 heterocycles. The van der Waals surface area contributed by atoms with Gasteiger partial charge in [-0.25, -0.2) is 4.98 Å². The topological polar surface area (TPSA) is 81.2 Å². The minimum absolute atomic E-state index is 0.0111. The van der Waals surface area contributed by atoms with Gasteiger partial charge in [-0.3, -0.25) is 14.6 Å². The number of benzene rings is 1. The molecule has 2 bridgehead atoms. The summed E-state index contributed by atoms with van der Waals surface area (Å²) in [6.07, 6.45) is 9.05. The average molecular weight is 351 g/mol. The summed E-state index contributed by atoms with van der Waals surface area (Å²) in [4.78, 5) is 32.8. The lowest BCUT2D eigenvalue weighted by Crippen LogP contribution is -2.40. The average Bonchev–Trinajstić information content (AvgIpc) is 2.64. The number of nitrogens with zero attached hydrogens (tertiary/aromatic N) is 2. The molecule has 0 aliphatic heterocycles. The van der Waals surface area contributed by atoms with E-state index in [-0.39, 0.29) is 23.7 Å². The highest BCUT2D eigenvalue weighted by Crippen LogP contribution is 2.40. The molecular formula is C20H21N3O3. The van der Waals surface area contributed by atoms with Crippen molar-refractivity contribution in [2.45, 2.75) is 32.1 Å². The molecule has 2 aliphatic rings. The van der Waals surface area contributed by atoms with E-state index in [1.54, 1.807) is 36.7 Å². The van der Waals surface area contributed by atoms with Crippen molar-refractivity contribution in [2.75, 3.05) is 5.32 Å². The summed E-state index contributed by atoms with van der Waals surface area (Å²) in [5.41, 5.74) is 0.726. The molecule has 1 amide bonds. The third-order valence-corrected chi connectivity index (χ3v) is 5.30. The molecule has 1 N–H and O–H groups in total. The quantitative estimate of drug-likeness (QED) is 0.910. The molecule has 134 valence electrons. The van der Waals surface area contributed by atoms with Crippen LogP contribution in [0.4, 0.5) is 5.69 Å². The highest BCUT2D eigenvalue weighted by atomic mass is 16.5. The van der Waals surface area contributed by atoms with Crippen LogP contribution in [0.15, 0.2) is 42.9 Å². The summed E-state index contributed by atoms with van der Waals surface area (Å²) in [6, 6.07) is 7.17. The van der Waals surface area contributed by atoms with E-state index in [0.29, 0.717) is 30.3 Å². The molecule has 2 aromatic rings. The van der Waals surface area contributed by atoms with Crippen LogP contribution in [-0.4, -0.2) is 21.7 Å². The van der Waals surface area contributed by atoms with Crippen LogP contribution < -0.4 is 10.1 Å². The molecule has 0 saturated heterocycles. The van der Waals surface area contributed by atoms with E-state index >= 15 is 0 Å². The third kappa shape index (κ3) is 3.59. The van der Waals surface area contributed by atoms with E-state index in [0.717, 1.165) is 24.9 Å². The lowest BCUT2D eigenvalue weighted by molar-refractivity contribution is -0.136. The molecule has 2 unspecified atom stereocenters. The van der Waals surface area contributed by atoms with E-state index < -0.39 is 0 Å². The normalized spacial score (nSPS) is 24.8. The number of carbonyl (C=O) groups is 2. The summed E-state index contributed by atoms with van der Waals surface area (Å²) in [7, 11) is 0. The van der Waals surface area contributed by atoms with Crippen LogP contribution in [0.25, 0.3) is 0 Å². The van der Waals surface area contributed by atoms with Gasteiger partial charge in [0.15, 0.2) is 0 Å². The van der Waals surface area contributed by atoms with Crippen LogP contribution in [0.1, 0.15) is 32.1 Å². The van der Waals surface area contributed by atoms with Crippen molar-refractivity contribution in [1.82, 2.24) is 9.97 Å². The second kappa shape index (κ2) is 7.23. The zero-order chi connectivity index (χ0) is 17.9. The number of carbonyl (C=O) groups excluding carboxylic acids is 2. The van der Waals surface area contributed by atoms with Crippen molar-refractivity contribution in [3.63, 3.8) is 0 Å². The van der Waals surface area contributed by atoms with Crippen LogP contribution >= 0.6 is 0 Å². The molecule has 2 saturated carbocycles. The Morgan fingerprint density at radius 3 is 2.46 bits per heavy atom. The number of rotatable bonds is 4. The summed E-state index contributed by atoms with van der Waals surface area (Å²) in [5.74, 6) is 1.53. The molecule has 26 heavy (non-hydrogen) atoms. The number of fused-ring (bicyclic) bond motifs is 2. The second-order valence-corrected chi connectivity index (χ2v) is 7.05. The van der Waals surface area contributed by atoms with Crippen molar-refractivity contribution in [3.8, 4) is 11.6 Å². The molecule has 6 heteroatoms. The maximum Gasteiger partial charge on any atom is 0.237 e. The molecule has 1 aromatic carbocycles. The summed E-state index contributed by atoms with van der Waals surface area (Å²) < 4.78 is 5.59. The van der Waals surface area contributed by atoms with E-state index in [1.165, 1.54) is 6.20 Å². The first-order valence-corrected chi connectivity index (χ1v) is 9.07. The Labute approximate surface area is 152 Å². The second-order valence-electron chi connectivity index (χ2n) is 7.05. The summed E-state index contributed by atoms with van der Waals surface area (Å²) in [5, 5.41) is 2.97. The Morgan fingerprint density at radius 1 is 1.08 bits per heavy atom. The van der Waals surface area contributed by atoms with Gasteiger partial charge >= 0.3 is 0 Å². The predicted octanol–water partition coefficient (Wildman–Crippen LogP) is 3.60. The highest BCUT2D eigenvalue weighted by molar-refractivity contribution is 5.95. The van der Waals surface area contributed by atoms with Gasteiger partial charge in [0.05, 0.1) is 6.20 Å². The van der Waals surface area contributed by atoms with Crippen LogP contribution in [0.3, 0.4) is 0 Å². The standard InChI is InChI=1S/C20H21N3O3/c24-19-13-2-1-3-14(19)11-15(10-13)20(25)23-16-4-6-17(7-5-16)26-18-12-21-8-9-22-18/h4-9,12-15H,1-3,10-11H2,(H,23,25). The van der Waals surface area contributed by atoms with Crippen LogP contribution in [0.2, 0.25) is 0 Å². The van der Waals surface area contributed by atoms with Gasteiger partial charge in [-0.15, -0.1) is 0 Å². The molecule has 6 nitrogen and oxygen atoms in total. The smallest absolute Gasteiger partial charge is 0.237 e. The number of hydrogen-bond acceptors (Lipinski definition) is 5. The zero-order valence-corrected chi connectivity index (χ0v) is 14.4. The van der Waals surface area contributed by atoms with Gasteiger partial charge < -0.3 is 10.1 Å². The molecule has 2 fully saturated rings.